The van der Waals surface area contributed by atoms with Gasteiger partial charge in [0.25, 0.3) is 0 Å². The zero-order valence-corrected chi connectivity index (χ0v) is 5.22. The van der Waals surface area contributed by atoms with E-state index in [1.807, 2.05) is 0 Å². The van der Waals surface area contributed by atoms with Gasteiger partial charge >= 0.3 is 0 Å². The fourth-order valence-electron chi connectivity index (χ4n) is 0.463. The van der Waals surface area contributed by atoms with Gasteiger partial charge in [-0.05, 0) is 13.3 Å². The fraction of sp³-hybridized carbons (Fsp3) is 0.429. The molecule has 0 aromatic heterocycles. The molecule has 0 radical (unpaired) electrons. The number of aliphatic hydroxyl groups is 1. The minimum atomic E-state index is -0.291. The quantitative estimate of drug-likeness (QED) is 0.548. The highest BCUT2D eigenvalue weighted by atomic mass is 16.3. The normalized spacial score (nSPS) is 12.8. The Morgan fingerprint density at radius 3 is 2.50 bits per heavy atom. The first-order valence-corrected chi connectivity index (χ1v) is 2.65. The Balaban J connectivity index is 3.39. The first-order valence-electron chi connectivity index (χ1n) is 2.65. The van der Waals surface area contributed by atoms with Crippen LogP contribution in [-0.2, 0) is 0 Å². The maximum Gasteiger partial charge on any atom is 0.0552 e. The van der Waals surface area contributed by atoms with Gasteiger partial charge in [0, 0.05) is 0 Å². The van der Waals surface area contributed by atoms with E-state index in [9.17, 15) is 0 Å². The van der Waals surface area contributed by atoms with Gasteiger partial charge in [-0.25, -0.2) is 0 Å². The Kier molecular flexibility index (Phi) is 3.20. The largest absolute Gasteiger partial charge is 0.393 e. The van der Waals surface area contributed by atoms with Gasteiger partial charge in [-0.1, -0.05) is 24.8 Å². The zero-order chi connectivity index (χ0) is 6.57. The van der Waals surface area contributed by atoms with Gasteiger partial charge in [0.1, 0.15) is 0 Å². The van der Waals surface area contributed by atoms with Crippen LogP contribution in [0.3, 0.4) is 0 Å². The summed E-state index contributed by atoms with van der Waals surface area (Å²) in [7, 11) is 0. The summed E-state index contributed by atoms with van der Waals surface area (Å²) in [5, 5.41) is 8.75. The highest BCUT2D eigenvalue weighted by molar-refractivity contribution is 5.11. The first kappa shape index (κ1) is 7.44. The minimum Gasteiger partial charge on any atom is -0.393 e. The third-order valence-corrected chi connectivity index (χ3v) is 0.846. The highest BCUT2D eigenvalue weighted by Crippen LogP contribution is 2.01. The lowest BCUT2D eigenvalue weighted by atomic mass is 10.1. The standard InChI is InChI=1S/C7H12O/c1-4-6(2)5-7(3)8/h4,7-8H,1-2,5H2,3H3. The summed E-state index contributed by atoms with van der Waals surface area (Å²) in [5.41, 5.74) is 0.889. The molecule has 0 rings (SSSR count). The Morgan fingerprint density at radius 2 is 2.38 bits per heavy atom. The van der Waals surface area contributed by atoms with E-state index in [4.69, 9.17) is 5.11 Å². The molecule has 0 aromatic carbocycles. The van der Waals surface area contributed by atoms with Crippen LogP contribution in [0.5, 0.6) is 0 Å². The van der Waals surface area contributed by atoms with Gasteiger partial charge < -0.3 is 5.11 Å². The van der Waals surface area contributed by atoms with Crippen LogP contribution in [0.2, 0.25) is 0 Å². The van der Waals surface area contributed by atoms with Crippen LogP contribution in [-0.4, -0.2) is 11.2 Å². The van der Waals surface area contributed by atoms with Crippen molar-refractivity contribution in [3.63, 3.8) is 0 Å². The Hall–Kier alpha value is -0.560. The van der Waals surface area contributed by atoms with Crippen LogP contribution in [0.1, 0.15) is 13.3 Å². The molecule has 1 atom stereocenters. The molecule has 0 aliphatic heterocycles. The summed E-state index contributed by atoms with van der Waals surface area (Å²) < 4.78 is 0. The summed E-state index contributed by atoms with van der Waals surface area (Å²) in [6, 6.07) is 0. The van der Waals surface area contributed by atoms with Crippen molar-refractivity contribution in [2.24, 2.45) is 0 Å². The maximum atomic E-state index is 8.75. The zero-order valence-electron chi connectivity index (χ0n) is 5.22. The molecule has 46 valence electrons. The molecule has 1 heteroatoms. The average molecular weight is 112 g/mol. The van der Waals surface area contributed by atoms with E-state index in [0.29, 0.717) is 6.42 Å². The second kappa shape index (κ2) is 3.44. The van der Waals surface area contributed by atoms with E-state index in [-0.39, 0.29) is 6.10 Å². The van der Waals surface area contributed by atoms with Crippen molar-refractivity contribution in [2.75, 3.05) is 0 Å². The van der Waals surface area contributed by atoms with Crippen molar-refractivity contribution < 1.29 is 5.11 Å². The number of hydrogen-bond acceptors (Lipinski definition) is 1. The SMILES string of the molecule is C=CC(=C)CC(C)O. The molecule has 8 heavy (non-hydrogen) atoms. The van der Waals surface area contributed by atoms with Crippen molar-refractivity contribution in [1.82, 2.24) is 0 Å². The van der Waals surface area contributed by atoms with E-state index in [0.717, 1.165) is 5.57 Å². The monoisotopic (exact) mass is 112 g/mol. The van der Waals surface area contributed by atoms with Gasteiger partial charge in [-0.3, -0.25) is 0 Å². The van der Waals surface area contributed by atoms with Crippen molar-refractivity contribution in [1.29, 1.82) is 0 Å². The Labute approximate surface area is 50.3 Å². The molecule has 0 bridgehead atoms. The molecule has 0 saturated heterocycles. The Morgan fingerprint density at radius 1 is 1.88 bits per heavy atom. The lowest BCUT2D eigenvalue weighted by Gasteiger charge is -2.00. The molecule has 1 N–H and O–H groups in total. The number of hydrogen-bond donors (Lipinski definition) is 1. The summed E-state index contributed by atoms with van der Waals surface area (Å²) in [5.74, 6) is 0. The summed E-state index contributed by atoms with van der Waals surface area (Å²) in [6.07, 6.45) is 2.00. The highest BCUT2D eigenvalue weighted by Gasteiger charge is 1.93. The first-order chi connectivity index (χ1) is 3.66. The molecule has 0 heterocycles. The van der Waals surface area contributed by atoms with Gasteiger partial charge in [0.2, 0.25) is 0 Å². The van der Waals surface area contributed by atoms with Crippen LogP contribution in [0, 0.1) is 0 Å². The summed E-state index contributed by atoms with van der Waals surface area (Å²) >= 11 is 0. The van der Waals surface area contributed by atoms with Gasteiger partial charge in [-0.15, -0.1) is 0 Å². The van der Waals surface area contributed by atoms with Crippen molar-refractivity contribution in [3.05, 3.63) is 24.8 Å². The summed E-state index contributed by atoms with van der Waals surface area (Å²) in [6.45, 7) is 8.87. The van der Waals surface area contributed by atoms with Crippen molar-refractivity contribution in [3.8, 4) is 0 Å². The van der Waals surface area contributed by atoms with E-state index in [2.05, 4.69) is 13.2 Å². The predicted octanol–water partition coefficient (Wildman–Crippen LogP) is 1.50. The van der Waals surface area contributed by atoms with E-state index >= 15 is 0 Å². The van der Waals surface area contributed by atoms with E-state index in [1.165, 1.54) is 0 Å². The molecule has 0 saturated carbocycles. The lowest BCUT2D eigenvalue weighted by molar-refractivity contribution is 0.196. The van der Waals surface area contributed by atoms with Crippen LogP contribution < -0.4 is 0 Å². The molecule has 1 unspecified atom stereocenters. The van der Waals surface area contributed by atoms with Crippen LogP contribution >= 0.6 is 0 Å². The number of allylic oxidation sites excluding steroid dienone is 1. The second-order valence-electron chi connectivity index (χ2n) is 1.92. The number of aliphatic hydroxyl groups excluding tert-OH is 1. The third-order valence-electron chi connectivity index (χ3n) is 0.846. The molecule has 0 fully saturated rings. The smallest absolute Gasteiger partial charge is 0.0552 e. The molecule has 0 aliphatic carbocycles. The van der Waals surface area contributed by atoms with E-state index < -0.39 is 0 Å². The molecule has 0 aliphatic rings. The van der Waals surface area contributed by atoms with Crippen molar-refractivity contribution in [2.45, 2.75) is 19.4 Å². The van der Waals surface area contributed by atoms with Gasteiger partial charge in [-0.2, -0.15) is 0 Å². The topological polar surface area (TPSA) is 20.2 Å². The van der Waals surface area contributed by atoms with Crippen LogP contribution in [0.4, 0.5) is 0 Å². The molecule has 0 aromatic rings. The Bertz CT molecular complexity index is 92.6. The van der Waals surface area contributed by atoms with Gasteiger partial charge in [0.05, 0.1) is 6.10 Å². The molecular formula is C7H12O. The van der Waals surface area contributed by atoms with Gasteiger partial charge in [0.15, 0.2) is 0 Å². The molecule has 1 nitrogen and oxygen atoms in total. The summed E-state index contributed by atoms with van der Waals surface area (Å²) in [4.78, 5) is 0. The average Bonchev–Trinajstić information content (AvgIpc) is 1.65. The number of rotatable bonds is 3. The predicted molar refractivity (Wildman–Crippen MR) is 35.6 cm³/mol. The maximum absolute atomic E-state index is 8.75. The van der Waals surface area contributed by atoms with Crippen LogP contribution in [0.25, 0.3) is 0 Å². The third kappa shape index (κ3) is 3.62. The minimum absolute atomic E-state index is 0.291. The fourth-order valence-corrected chi connectivity index (χ4v) is 0.463. The lowest BCUT2D eigenvalue weighted by Crippen LogP contribution is -1.98. The van der Waals surface area contributed by atoms with Crippen molar-refractivity contribution >= 4 is 0 Å². The second-order valence-corrected chi connectivity index (χ2v) is 1.92. The molecule has 0 amide bonds. The van der Waals surface area contributed by atoms with E-state index in [1.54, 1.807) is 13.0 Å². The molecule has 0 spiro atoms. The van der Waals surface area contributed by atoms with Crippen LogP contribution in [0.15, 0.2) is 24.8 Å². The molecular weight excluding hydrogens is 100 g/mol.